The molecule has 6 heteroatoms. The van der Waals surface area contributed by atoms with Gasteiger partial charge in [0.25, 0.3) is 0 Å². The second-order valence-corrected chi connectivity index (χ2v) is 3.47. The molecule has 6 nitrogen and oxygen atoms in total. The monoisotopic (exact) mass is 260 g/mol. The maximum atomic E-state index is 11.7. The summed E-state index contributed by atoms with van der Waals surface area (Å²) in [5, 5.41) is 0. The van der Waals surface area contributed by atoms with E-state index in [1.807, 2.05) is 0 Å². The van der Waals surface area contributed by atoms with Gasteiger partial charge in [-0.05, 0) is 27.7 Å². The molecule has 0 N–H and O–H groups in total. The first-order valence-electron chi connectivity index (χ1n) is 5.94. The predicted molar refractivity (Wildman–Crippen MR) is 62.9 cm³/mol. The van der Waals surface area contributed by atoms with Gasteiger partial charge in [0.2, 0.25) is 0 Å². The zero-order valence-corrected chi connectivity index (χ0v) is 11.2. The average molecular weight is 260 g/mol. The highest BCUT2D eigenvalue weighted by atomic mass is 16.6. The standard InChI is InChI=1S/C12H20O6/c1-5-16-10(12(15)18-7-3)9(8(4)13)11(14)17-6-2/h9-10H,5-7H2,1-4H3. The van der Waals surface area contributed by atoms with Gasteiger partial charge in [0.1, 0.15) is 5.78 Å². The maximum absolute atomic E-state index is 11.7. The number of esters is 2. The van der Waals surface area contributed by atoms with Crippen molar-refractivity contribution < 1.29 is 28.6 Å². The quantitative estimate of drug-likeness (QED) is 0.472. The topological polar surface area (TPSA) is 78.9 Å². The van der Waals surface area contributed by atoms with Crippen LogP contribution in [0.3, 0.4) is 0 Å². The minimum Gasteiger partial charge on any atom is -0.465 e. The summed E-state index contributed by atoms with van der Waals surface area (Å²) in [5.41, 5.74) is 0. The van der Waals surface area contributed by atoms with Crippen molar-refractivity contribution in [3.8, 4) is 0 Å². The number of ether oxygens (including phenoxy) is 3. The molecule has 0 saturated heterocycles. The van der Waals surface area contributed by atoms with Crippen molar-refractivity contribution in [2.45, 2.75) is 33.8 Å². The number of carbonyl (C=O) groups excluding carboxylic acids is 3. The van der Waals surface area contributed by atoms with Gasteiger partial charge in [0, 0.05) is 6.61 Å². The largest absolute Gasteiger partial charge is 0.465 e. The lowest BCUT2D eigenvalue weighted by atomic mass is 9.98. The van der Waals surface area contributed by atoms with Crippen molar-refractivity contribution in [3.63, 3.8) is 0 Å². The van der Waals surface area contributed by atoms with E-state index in [-0.39, 0.29) is 19.8 Å². The molecule has 0 aliphatic carbocycles. The molecule has 0 aromatic carbocycles. The third-order valence-corrected chi connectivity index (χ3v) is 2.15. The van der Waals surface area contributed by atoms with Gasteiger partial charge in [-0.2, -0.15) is 0 Å². The Morgan fingerprint density at radius 1 is 0.889 bits per heavy atom. The molecule has 18 heavy (non-hydrogen) atoms. The molecule has 0 heterocycles. The molecule has 0 radical (unpaired) electrons. The van der Waals surface area contributed by atoms with Gasteiger partial charge in [-0.3, -0.25) is 9.59 Å². The van der Waals surface area contributed by atoms with E-state index in [0.717, 1.165) is 0 Å². The van der Waals surface area contributed by atoms with Gasteiger partial charge < -0.3 is 14.2 Å². The molecule has 0 fully saturated rings. The molecule has 0 aliphatic heterocycles. The molecule has 0 aliphatic rings. The van der Waals surface area contributed by atoms with Gasteiger partial charge in [-0.15, -0.1) is 0 Å². The van der Waals surface area contributed by atoms with E-state index in [9.17, 15) is 14.4 Å². The van der Waals surface area contributed by atoms with E-state index >= 15 is 0 Å². The van der Waals surface area contributed by atoms with Crippen molar-refractivity contribution in [3.05, 3.63) is 0 Å². The third-order valence-electron chi connectivity index (χ3n) is 2.15. The fourth-order valence-electron chi connectivity index (χ4n) is 1.44. The van der Waals surface area contributed by atoms with Crippen LogP contribution in [-0.4, -0.2) is 43.6 Å². The van der Waals surface area contributed by atoms with Crippen molar-refractivity contribution in [2.24, 2.45) is 5.92 Å². The lowest BCUT2D eigenvalue weighted by Crippen LogP contribution is -2.43. The summed E-state index contributed by atoms with van der Waals surface area (Å²) in [4.78, 5) is 34.9. The van der Waals surface area contributed by atoms with E-state index in [0.29, 0.717) is 0 Å². The fraction of sp³-hybridized carbons (Fsp3) is 0.750. The Bertz CT molecular complexity index is 299. The Balaban J connectivity index is 5.03. The molecule has 0 bridgehead atoms. The Hall–Kier alpha value is -1.43. The Morgan fingerprint density at radius 3 is 1.78 bits per heavy atom. The molecule has 0 aromatic rings. The highest BCUT2D eigenvalue weighted by Crippen LogP contribution is 2.14. The van der Waals surface area contributed by atoms with E-state index in [4.69, 9.17) is 14.2 Å². The van der Waals surface area contributed by atoms with E-state index in [2.05, 4.69) is 0 Å². The number of hydrogen-bond donors (Lipinski definition) is 0. The molecule has 0 saturated carbocycles. The first-order valence-corrected chi connectivity index (χ1v) is 5.94. The first-order chi connectivity index (χ1) is 8.49. The molecule has 2 atom stereocenters. The summed E-state index contributed by atoms with van der Waals surface area (Å²) >= 11 is 0. The van der Waals surface area contributed by atoms with Crippen molar-refractivity contribution in [1.29, 1.82) is 0 Å². The van der Waals surface area contributed by atoms with E-state index < -0.39 is 29.7 Å². The zero-order valence-electron chi connectivity index (χ0n) is 11.2. The van der Waals surface area contributed by atoms with Gasteiger partial charge in [-0.1, -0.05) is 0 Å². The van der Waals surface area contributed by atoms with Crippen LogP contribution in [-0.2, 0) is 28.6 Å². The van der Waals surface area contributed by atoms with Crippen LogP contribution >= 0.6 is 0 Å². The molecule has 2 unspecified atom stereocenters. The van der Waals surface area contributed by atoms with Crippen molar-refractivity contribution >= 4 is 17.7 Å². The first kappa shape index (κ1) is 16.6. The summed E-state index contributed by atoms with van der Waals surface area (Å²) in [6.07, 6.45) is -1.24. The molecule has 0 spiro atoms. The smallest absolute Gasteiger partial charge is 0.336 e. The number of carbonyl (C=O) groups is 3. The van der Waals surface area contributed by atoms with Crippen LogP contribution in [0.1, 0.15) is 27.7 Å². The lowest BCUT2D eigenvalue weighted by molar-refractivity contribution is -0.172. The molecule has 0 amide bonds. The van der Waals surface area contributed by atoms with Crippen LogP contribution < -0.4 is 0 Å². The summed E-state index contributed by atoms with van der Waals surface area (Å²) in [7, 11) is 0. The van der Waals surface area contributed by atoms with Crippen LogP contribution in [0.15, 0.2) is 0 Å². The fourth-order valence-corrected chi connectivity index (χ4v) is 1.44. The van der Waals surface area contributed by atoms with Gasteiger partial charge >= 0.3 is 11.9 Å². The maximum Gasteiger partial charge on any atom is 0.336 e. The highest BCUT2D eigenvalue weighted by molar-refractivity contribution is 6.02. The summed E-state index contributed by atoms with van der Waals surface area (Å²) in [5.74, 6) is -3.26. The summed E-state index contributed by atoms with van der Waals surface area (Å²) in [6.45, 7) is 6.59. The van der Waals surface area contributed by atoms with E-state index in [1.165, 1.54) is 6.92 Å². The Labute approximate surface area is 107 Å². The molecular formula is C12H20O6. The number of rotatable bonds is 8. The minimum atomic E-state index is -1.27. The highest BCUT2D eigenvalue weighted by Gasteiger charge is 2.40. The second kappa shape index (κ2) is 8.63. The molecule has 0 rings (SSSR count). The minimum absolute atomic E-state index is 0.129. The van der Waals surface area contributed by atoms with Gasteiger partial charge in [0.05, 0.1) is 13.2 Å². The van der Waals surface area contributed by atoms with Crippen LogP contribution in [0, 0.1) is 5.92 Å². The number of ketones is 1. The van der Waals surface area contributed by atoms with Crippen LogP contribution in [0.5, 0.6) is 0 Å². The second-order valence-electron chi connectivity index (χ2n) is 3.47. The Morgan fingerprint density at radius 2 is 1.39 bits per heavy atom. The third kappa shape index (κ3) is 4.83. The van der Waals surface area contributed by atoms with Gasteiger partial charge in [0.15, 0.2) is 12.0 Å². The SMILES string of the molecule is CCOC(=O)C(OCC)C(C(C)=O)C(=O)OCC. The van der Waals surface area contributed by atoms with Crippen LogP contribution in [0.2, 0.25) is 0 Å². The lowest BCUT2D eigenvalue weighted by Gasteiger charge is -2.21. The van der Waals surface area contributed by atoms with Crippen LogP contribution in [0.4, 0.5) is 0 Å². The normalized spacial score (nSPS) is 13.6. The van der Waals surface area contributed by atoms with E-state index in [1.54, 1.807) is 20.8 Å². The summed E-state index contributed by atoms with van der Waals surface area (Å²) in [6, 6.07) is 0. The molecular weight excluding hydrogens is 240 g/mol. The molecule has 0 aromatic heterocycles. The predicted octanol–water partition coefficient (Wildman–Crippen LogP) is 0.723. The average Bonchev–Trinajstić information content (AvgIpc) is 2.28. The zero-order chi connectivity index (χ0) is 14.1. The van der Waals surface area contributed by atoms with Crippen LogP contribution in [0.25, 0.3) is 0 Å². The summed E-state index contributed by atoms with van der Waals surface area (Å²) < 4.78 is 14.7. The number of hydrogen-bond acceptors (Lipinski definition) is 6. The van der Waals surface area contributed by atoms with Crippen molar-refractivity contribution in [1.82, 2.24) is 0 Å². The van der Waals surface area contributed by atoms with Gasteiger partial charge in [-0.25, -0.2) is 4.79 Å². The Kier molecular flexibility index (Phi) is 7.94. The van der Waals surface area contributed by atoms with Crippen molar-refractivity contribution in [2.75, 3.05) is 19.8 Å². The number of Topliss-reactive ketones (excluding diaryl/α,β-unsaturated/α-hetero) is 1. The molecule has 104 valence electrons.